The molecule has 0 bridgehead atoms. The van der Waals surface area contributed by atoms with Gasteiger partial charge in [-0.3, -0.25) is 9.59 Å². The number of phenolic OH excluding ortho intramolecular Hbond substituents is 2. The van der Waals surface area contributed by atoms with Crippen molar-refractivity contribution in [1.29, 1.82) is 0 Å². The standard InChI is InChI=1S/C16H12Br2FN3O4/c17-11-5-9(14(24)13(18)15(11)25)6-21-22-12(23)7-20-16(26)8-2-1-3-10(19)4-8/h1-6,24-25H,7H2,(H,20,26)(H,22,23)/b21-6-. The van der Waals surface area contributed by atoms with Gasteiger partial charge in [-0.2, -0.15) is 5.10 Å². The van der Waals surface area contributed by atoms with Crippen molar-refractivity contribution in [2.45, 2.75) is 0 Å². The number of nitrogens with zero attached hydrogens (tertiary/aromatic N) is 1. The number of hydrazone groups is 1. The van der Waals surface area contributed by atoms with Crippen molar-refractivity contribution >= 4 is 49.9 Å². The fraction of sp³-hybridized carbons (Fsp3) is 0.0625. The predicted molar refractivity (Wildman–Crippen MR) is 99.6 cm³/mol. The lowest BCUT2D eigenvalue weighted by Gasteiger charge is -2.06. The fourth-order valence-electron chi connectivity index (χ4n) is 1.82. The molecule has 10 heteroatoms. The molecule has 7 nitrogen and oxygen atoms in total. The van der Waals surface area contributed by atoms with Crippen LogP contribution in [0.1, 0.15) is 15.9 Å². The molecule has 4 N–H and O–H groups in total. The van der Waals surface area contributed by atoms with Gasteiger partial charge in [0.15, 0.2) is 0 Å². The normalized spacial score (nSPS) is 10.7. The summed E-state index contributed by atoms with van der Waals surface area (Å²) < 4.78 is 13.4. The molecule has 26 heavy (non-hydrogen) atoms. The van der Waals surface area contributed by atoms with E-state index < -0.39 is 17.6 Å². The van der Waals surface area contributed by atoms with E-state index in [1.54, 1.807) is 0 Å². The second-order valence-corrected chi connectivity index (χ2v) is 6.59. The molecule has 0 aromatic heterocycles. The number of hydrogen-bond acceptors (Lipinski definition) is 5. The topological polar surface area (TPSA) is 111 Å². The first kappa shape index (κ1) is 19.9. The quantitative estimate of drug-likeness (QED) is 0.383. The molecule has 2 aromatic rings. The van der Waals surface area contributed by atoms with Crippen LogP contribution < -0.4 is 10.7 Å². The Bertz CT molecular complexity index is 890. The van der Waals surface area contributed by atoms with Crippen molar-refractivity contribution < 1.29 is 24.2 Å². The maximum absolute atomic E-state index is 13.0. The Hall–Kier alpha value is -2.46. The van der Waals surface area contributed by atoms with Crippen LogP contribution in [0.4, 0.5) is 4.39 Å². The fourth-order valence-corrected chi connectivity index (χ4v) is 2.97. The molecule has 0 atom stereocenters. The highest BCUT2D eigenvalue weighted by atomic mass is 79.9. The molecule has 2 aromatic carbocycles. The van der Waals surface area contributed by atoms with Crippen LogP contribution in [0, 0.1) is 5.82 Å². The lowest BCUT2D eigenvalue weighted by atomic mass is 10.2. The molecule has 2 rings (SSSR count). The Labute approximate surface area is 164 Å². The van der Waals surface area contributed by atoms with Crippen molar-refractivity contribution in [3.63, 3.8) is 0 Å². The van der Waals surface area contributed by atoms with E-state index in [0.717, 1.165) is 12.3 Å². The van der Waals surface area contributed by atoms with Gasteiger partial charge in [-0.1, -0.05) is 6.07 Å². The van der Waals surface area contributed by atoms with Gasteiger partial charge in [0.2, 0.25) is 0 Å². The van der Waals surface area contributed by atoms with Crippen LogP contribution in [0.3, 0.4) is 0 Å². The number of amides is 2. The molecule has 0 aliphatic carbocycles. The Morgan fingerprint density at radius 1 is 1.19 bits per heavy atom. The summed E-state index contributed by atoms with van der Waals surface area (Å²) >= 11 is 6.12. The van der Waals surface area contributed by atoms with Gasteiger partial charge in [0.25, 0.3) is 11.8 Å². The Balaban J connectivity index is 1.91. The Kier molecular flexibility index (Phi) is 6.70. The van der Waals surface area contributed by atoms with Gasteiger partial charge in [-0.05, 0) is 56.1 Å². The number of phenols is 2. The number of halogens is 3. The minimum absolute atomic E-state index is 0.0713. The molecule has 0 spiro atoms. The summed E-state index contributed by atoms with van der Waals surface area (Å²) in [7, 11) is 0. The van der Waals surface area contributed by atoms with Crippen LogP contribution in [0.15, 0.2) is 44.4 Å². The molecule has 0 aliphatic heterocycles. The Morgan fingerprint density at radius 3 is 2.62 bits per heavy atom. The van der Waals surface area contributed by atoms with Crippen LogP contribution in [0.5, 0.6) is 11.5 Å². The van der Waals surface area contributed by atoms with Crippen molar-refractivity contribution in [2.24, 2.45) is 5.10 Å². The summed E-state index contributed by atoms with van der Waals surface area (Å²) in [5.41, 5.74) is 2.48. The molecule has 0 unspecified atom stereocenters. The van der Waals surface area contributed by atoms with Crippen molar-refractivity contribution in [2.75, 3.05) is 6.54 Å². The first-order valence-corrected chi connectivity index (χ1v) is 8.63. The third kappa shape index (κ3) is 5.02. The second kappa shape index (κ2) is 8.77. The van der Waals surface area contributed by atoms with E-state index >= 15 is 0 Å². The molecule has 0 aliphatic rings. The number of aromatic hydroxyl groups is 2. The van der Waals surface area contributed by atoms with E-state index in [1.807, 2.05) is 0 Å². The summed E-state index contributed by atoms with van der Waals surface area (Å²) in [5.74, 6) is -2.22. The van der Waals surface area contributed by atoms with Crippen LogP contribution in [0.2, 0.25) is 0 Å². The summed E-state index contributed by atoms with van der Waals surface area (Å²) in [4.78, 5) is 23.5. The Morgan fingerprint density at radius 2 is 1.92 bits per heavy atom. The van der Waals surface area contributed by atoms with Crippen molar-refractivity contribution in [1.82, 2.24) is 10.7 Å². The minimum Gasteiger partial charge on any atom is -0.506 e. The molecular weight excluding hydrogens is 477 g/mol. The van der Waals surface area contributed by atoms with Gasteiger partial charge >= 0.3 is 0 Å². The zero-order valence-corrected chi connectivity index (χ0v) is 16.1. The first-order valence-electron chi connectivity index (χ1n) is 7.05. The summed E-state index contributed by atoms with van der Waals surface area (Å²) in [6, 6.07) is 6.45. The van der Waals surface area contributed by atoms with Gasteiger partial charge in [0, 0.05) is 11.1 Å². The number of carbonyl (C=O) groups excluding carboxylic acids is 2. The lowest BCUT2D eigenvalue weighted by Crippen LogP contribution is -2.34. The largest absolute Gasteiger partial charge is 0.506 e. The average molecular weight is 489 g/mol. The summed E-state index contributed by atoms with van der Waals surface area (Å²) in [6.07, 6.45) is 1.16. The molecular formula is C16H12Br2FN3O4. The molecule has 2 amide bonds. The smallest absolute Gasteiger partial charge is 0.259 e. The molecule has 0 saturated heterocycles. The molecule has 136 valence electrons. The maximum Gasteiger partial charge on any atom is 0.259 e. The van der Waals surface area contributed by atoms with Crippen LogP contribution in [-0.2, 0) is 4.79 Å². The molecule has 0 saturated carbocycles. The third-order valence-electron chi connectivity index (χ3n) is 3.09. The average Bonchev–Trinajstić information content (AvgIpc) is 2.62. The SMILES string of the molecule is O=C(CNC(=O)c1cccc(F)c1)N/N=C\c1cc(Br)c(O)c(Br)c1O. The summed E-state index contributed by atoms with van der Waals surface area (Å²) in [6.45, 7) is -0.373. The van der Waals surface area contributed by atoms with Crippen LogP contribution in [-0.4, -0.2) is 34.8 Å². The third-order valence-corrected chi connectivity index (χ3v) is 4.44. The van der Waals surface area contributed by atoms with Gasteiger partial charge in [0.1, 0.15) is 21.8 Å². The highest BCUT2D eigenvalue weighted by molar-refractivity contribution is 9.11. The van der Waals surface area contributed by atoms with Crippen LogP contribution in [0.25, 0.3) is 0 Å². The highest BCUT2D eigenvalue weighted by Gasteiger charge is 2.13. The van der Waals surface area contributed by atoms with E-state index in [1.165, 1.54) is 24.3 Å². The van der Waals surface area contributed by atoms with E-state index in [0.29, 0.717) is 4.47 Å². The predicted octanol–water partition coefficient (Wildman–Crippen LogP) is 2.64. The second-order valence-electron chi connectivity index (χ2n) is 4.95. The molecule has 0 heterocycles. The zero-order valence-electron chi connectivity index (χ0n) is 13.0. The first-order chi connectivity index (χ1) is 12.3. The molecule has 0 radical (unpaired) electrons. The number of benzene rings is 2. The monoisotopic (exact) mass is 487 g/mol. The van der Waals surface area contributed by atoms with E-state index in [-0.39, 0.29) is 33.6 Å². The number of hydrogen-bond donors (Lipinski definition) is 4. The van der Waals surface area contributed by atoms with Gasteiger partial charge in [-0.15, -0.1) is 0 Å². The van der Waals surface area contributed by atoms with Crippen molar-refractivity contribution in [3.8, 4) is 11.5 Å². The summed E-state index contributed by atoms with van der Waals surface area (Å²) in [5, 5.41) is 25.5. The highest BCUT2D eigenvalue weighted by Crippen LogP contribution is 2.40. The van der Waals surface area contributed by atoms with Gasteiger partial charge in [-0.25, -0.2) is 9.82 Å². The number of carbonyl (C=O) groups is 2. The maximum atomic E-state index is 13.0. The van der Waals surface area contributed by atoms with Gasteiger partial charge in [0.05, 0.1) is 17.2 Å². The number of rotatable bonds is 5. The zero-order chi connectivity index (χ0) is 19.3. The van der Waals surface area contributed by atoms with Crippen molar-refractivity contribution in [3.05, 3.63) is 56.2 Å². The molecule has 0 fully saturated rings. The number of nitrogens with one attached hydrogen (secondary N) is 2. The van der Waals surface area contributed by atoms with E-state index in [4.69, 9.17) is 0 Å². The van der Waals surface area contributed by atoms with E-state index in [9.17, 15) is 24.2 Å². The van der Waals surface area contributed by atoms with Crippen LogP contribution >= 0.6 is 31.9 Å². The van der Waals surface area contributed by atoms with Gasteiger partial charge < -0.3 is 15.5 Å². The minimum atomic E-state index is -0.623. The van der Waals surface area contributed by atoms with E-state index in [2.05, 4.69) is 47.7 Å². The lowest BCUT2D eigenvalue weighted by molar-refractivity contribution is -0.120.